The summed E-state index contributed by atoms with van der Waals surface area (Å²) in [5.41, 5.74) is 5.84. The van der Waals surface area contributed by atoms with Crippen LogP contribution >= 0.6 is 11.8 Å². The summed E-state index contributed by atoms with van der Waals surface area (Å²) in [5, 5.41) is 0. The summed E-state index contributed by atoms with van der Waals surface area (Å²) < 4.78 is 38.4. The molecule has 0 unspecified atom stereocenters. The predicted octanol–water partition coefficient (Wildman–Crippen LogP) is 3.11. The molecule has 0 aromatic heterocycles. The average Bonchev–Trinajstić information content (AvgIpc) is 2.65. The van der Waals surface area contributed by atoms with Gasteiger partial charge in [0.1, 0.15) is 0 Å². The van der Waals surface area contributed by atoms with E-state index in [9.17, 15) is 13.2 Å². The van der Waals surface area contributed by atoms with Crippen molar-refractivity contribution in [2.24, 2.45) is 5.73 Å². The molecule has 1 saturated heterocycles. The maximum Gasteiger partial charge on any atom is 0.416 e. The Morgan fingerprint density at radius 3 is 2.68 bits per heavy atom. The monoisotopic (exact) mass is 290 g/mol. The van der Waals surface area contributed by atoms with Gasteiger partial charge in [-0.1, -0.05) is 0 Å². The van der Waals surface area contributed by atoms with Gasteiger partial charge in [-0.2, -0.15) is 24.9 Å². The highest BCUT2D eigenvalue weighted by atomic mass is 32.2. The molecule has 1 aliphatic rings. The van der Waals surface area contributed by atoms with E-state index in [4.69, 9.17) is 5.73 Å². The number of hydrogen-bond donors (Lipinski definition) is 1. The van der Waals surface area contributed by atoms with Crippen LogP contribution in [-0.4, -0.2) is 24.6 Å². The Kier molecular flexibility index (Phi) is 4.62. The molecule has 0 spiro atoms. The van der Waals surface area contributed by atoms with Crippen LogP contribution in [0.5, 0.6) is 0 Å². The molecular formula is C13H17F3N2S. The van der Waals surface area contributed by atoms with Gasteiger partial charge in [0.2, 0.25) is 0 Å². The van der Waals surface area contributed by atoms with Crippen LogP contribution in [0.4, 0.5) is 18.9 Å². The molecular weight excluding hydrogens is 273 g/mol. The highest BCUT2D eigenvalue weighted by molar-refractivity contribution is 7.99. The van der Waals surface area contributed by atoms with Crippen molar-refractivity contribution in [2.45, 2.75) is 19.1 Å². The maximum absolute atomic E-state index is 12.8. The number of nitrogens with zero attached hydrogens (tertiary/aromatic N) is 1. The second-order valence-electron chi connectivity index (χ2n) is 4.50. The Bertz CT molecular complexity index is 426. The first-order chi connectivity index (χ1) is 9.02. The van der Waals surface area contributed by atoms with E-state index in [1.165, 1.54) is 0 Å². The molecule has 106 valence electrons. The zero-order valence-corrected chi connectivity index (χ0v) is 11.4. The first-order valence-corrected chi connectivity index (χ1v) is 7.40. The minimum absolute atomic E-state index is 0.0920. The van der Waals surface area contributed by atoms with Crippen LogP contribution in [0.25, 0.3) is 0 Å². The number of anilines is 1. The number of rotatable bonds is 2. The Hall–Kier alpha value is -0.880. The fourth-order valence-corrected chi connectivity index (χ4v) is 3.11. The van der Waals surface area contributed by atoms with Gasteiger partial charge >= 0.3 is 6.18 Å². The molecule has 0 saturated carbocycles. The number of benzene rings is 1. The number of halogens is 3. The van der Waals surface area contributed by atoms with E-state index in [0.29, 0.717) is 0 Å². The minimum atomic E-state index is -4.33. The summed E-state index contributed by atoms with van der Waals surface area (Å²) in [5.74, 6) is 2.12. The molecule has 2 nitrogen and oxygen atoms in total. The zero-order valence-electron chi connectivity index (χ0n) is 10.5. The zero-order chi connectivity index (χ0) is 13.9. The van der Waals surface area contributed by atoms with Gasteiger partial charge in [-0.25, -0.2) is 0 Å². The molecule has 0 bridgehead atoms. The first kappa shape index (κ1) is 14.5. The van der Waals surface area contributed by atoms with Crippen LogP contribution in [0, 0.1) is 0 Å². The van der Waals surface area contributed by atoms with Crippen molar-refractivity contribution in [1.82, 2.24) is 0 Å². The molecule has 1 heterocycles. The van der Waals surface area contributed by atoms with Crippen LogP contribution in [0.15, 0.2) is 18.2 Å². The van der Waals surface area contributed by atoms with Crippen molar-refractivity contribution in [2.75, 3.05) is 29.5 Å². The minimum Gasteiger partial charge on any atom is -0.371 e. The van der Waals surface area contributed by atoms with Crippen molar-refractivity contribution >= 4 is 17.4 Å². The molecule has 0 aliphatic carbocycles. The highest BCUT2D eigenvalue weighted by Gasteiger charge is 2.33. The third-order valence-electron chi connectivity index (χ3n) is 3.20. The molecule has 2 rings (SSSR count). The topological polar surface area (TPSA) is 29.3 Å². The highest BCUT2D eigenvalue weighted by Crippen LogP contribution is 2.34. The van der Waals surface area contributed by atoms with Gasteiger partial charge in [-0.15, -0.1) is 0 Å². The molecule has 1 aliphatic heterocycles. The standard InChI is InChI=1S/C13H17F3N2S/c14-13(15,16)12-3-2-11(8-10(12)9-17)18-4-1-6-19-7-5-18/h2-3,8H,1,4-7,9,17H2. The van der Waals surface area contributed by atoms with Gasteiger partial charge in [-0.05, 0) is 35.9 Å². The summed E-state index contributed by atoms with van der Waals surface area (Å²) in [6.07, 6.45) is -3.27. The third kappa shape index (κ3) is 3.57. The van der Waals surface area contributed by atoms with Crippen molar-refractivity contribution in [3.8, 4) is 0 Å². The first-order valence-electron chi connectivity index (χ1n) is 6.25. The largest absolute Gasteiger partial charge is 0.416 e. The summed E-state index contributed by atoms with van der Waals surface area (Å²) >= 11 is 1.89. The maximum atomic E-state index is 12.8. The number of hydrogen-bond acceptors (Lipinski definition) is 3. The van der Waals surface area contributed by atoms with Crippen molar-refractivity contribution in [3.05, 3.63) is 29.3 Å². The number of thioether (sulfide) groups is 1. The second kappa shape index (κ2) is 6.05. The normalized spacial score (nSPS) is 17.4. The van der Waals surface area contributed by atoms with Gasteiger partial charge in [0.05, 0.1) is 5.56 Å². The number of alkyl halides is 3. The van der Waals surface area contributed by atoms with E-state index >= 15 is 0 Å². The van der Waals surface area contributed by atoms with E-state index in [2.05, 4.69) is 4.90 Å². The van der Waals surface area contributed by atoms with Crippen LogP contribution in [-0.2, 0) is 12.7 Å². The van der Waals surface area contributed by atoms with E-state index < -0.39 is 11.7 Å². The van der Waals surface area contributed by atoms with E-state index in [1.807, 2.05) is 11.8 Å². The lowest BCUT2D eigenvalue weighted by molar-refractivity contribution is -0.138. The lowest BCUT2D eigenvalue weighted by Crippen LogP contribution is -2.26. The van der Waals surface area contributed by atoms with E-state index in [-0.39, 0.29) is 12.1 Å². The fraction of sp³-hybridized carbons (Fsp3) is 0.538. The number of nitrogens with two attached hydrogens (primary N) is 1. The predicted molar refractivity (Wildman–Crippen MR) is 73.5 cm³/mol. The lowest BCUT2D eigenvalue weighted by atomic mass is 10.1. The molecule has 1 aromatic carbocycles. The van der Waals surface area contributed by atoms with Gasteiger partial charge in [-0.3, -0.25) is 0 Å². The SMILES string of the molecule is NCc1cc(N2CCCSCC2)ccc1C(F)(F)F. The quantitative estimate of drug-likeness (QED) is 0.907. The van der Waals surface area contributed by atoms with Crippen LogP contribution in [0.2, 0.25) is 0 Å². The molecule has 0 radical (unpaired) electrons. The summed E-state index contributed by atoms with van der Waals surface area (Å²) in [7, 11) is 0. The van der Waals surface area contributed by atoms with E-state index in [0.717, 1.165) is 42.8 Å². The van der Waals surface area contributed by atoms with E-state index in [1.54, 1.807) is 12.1 Å². The van der Waals surface area contributed by atoms with Crippen LogP contribution in [0.1, 0.15) is 17.5 Å². The molecule has 0 amide bonds. The smallest absolute Gasteiger partial charge is 0.371 e. The average molecular weight is 290 g/mol. The van der Waals surface area contributed by atoms with Crippen molar-refractivity contribution < 1.29 is 13.2 Å². The Morgan fingerprint density at radius 2 is 2.00 bits per heavy atom. The van der Waals surface area contributed by atoms with Gasteiger partial charge in [0.15, 0.2) is 0 Å². The summed E-state index contributed by atoms with van der Waals surface area (Å²) in [6.45, 7) is 1.67. The lowest BCUT2D eigenvalue weighted by Gasteiger charge is -2.24. The van der Waals surface area contributed by atoms with Crippen LogP contribution in [0.3, 0.4) is 0 Å². The van der Waals surface area contributed by atoms with Gasteiger partial charge < -0.3 is 10.6 Å². The van der Waals surface area contributed by atoms with Crippen molar-refractivity contribution in [1.29, 1.82) is 0 Å². The third-order valence-corrected chi connectivity index (χ3v) is 4.25. The molecule has 1 fully saturated rings. The molecule has 1 aromatic rings. The van der Waals surface area contributed by atoms with Gasteiger partial charge in [0, 0.05) is 31.1 Å². The van der Waals surface area contributed by atoms with Crippen LogP contribution < -0.4 is 10.6 Å². The summed E-state index contributed by atoms with van der Waals surface area (Å²) in [6, 6.07) is 4.28. The second-order valence-corrected chi connectivity index (χ2v) is 5.72. The Labute approximate surface area is 115 Å². The van der Waals surface area contributed by atoms with Crippen molar-refractivity contribution in [3.63, 3.8) is 0 Å². The molecule has 6 heteroatoms. The molecule has 19 heavy (non-hydrogen) atoms. The Balaban J connectivity index is 2.27. The fourth-order valence-electron chi connectivity index (χ4n) is 2.23. The molecule has 2 N–H and O–H groups in total. The Morgan fingerprint density at radius 1 is 1.21 bits per heavy atom. The summed E-state index contributed by atoms with van der Waals surface area (Å²) in [4.78, 5) is 2.14. The van der Waals surface area contributed by atoms with Gasteiger partial charge in [0.25, 0.3) is 0 Å². The molecule has 0 atom stereocenters.